The molecule has 6 heteroatoms. The van der Waals surface area contributed by atoms with Crippen LogP contribution in [0.2, 0.25) is 0 Å². The molecule has 24 heavy (non-hydrogen) atoms. The summed E-state index contributed by atoms with van der Waals surface area (Å²) in [6, 6.07) is 9.23. The van der Waals surface area contributed by atoms with Gasteiger partial charge < -0.3 is 4.74 Å². The highest BCUT2D eigenvalue weighted by Crippen LogP contribution is 2.41. The highest BCUT2D eigenvalue weighted by Gasteiger charge is 2.39. The molecule has 0 bridgehead atoms. The van der Waals surface area contributed by atoms with Gasteiger partial charge in [0.2, 0.25) is 5.82 Å². The number of rotatable bonds is 3. The van der Waals surface area contributed by atoms with Crippen molar-refractivity contribution in [2.45, 2.75) is 38.8 Å². The summed E-state index contributed by atoms with van der Waals surface area (Å²) >= 11 is 0. The lowest BCUT2D eigenvalue weighted by Gasteiger charge is -2.24. The number of aromatic nitrogens is 1. The molecular weight excluding hydrogens is 308 g/mol. The van der Waals surface area contributed by atoms with Gasteiger partial charge in [0, 0.05) is 5.39 Å². The van der Waals surface area contributed by atoms with Gasteiger partial charge >= 0.3 is 5.97 Å². The van der Waals surface area contributed by atoms with E-state index in [9.17, 15) is 9.59 Å². The van der Waals surface area contributed by atoms with Crippen LogP contribution in [0.1, 0.15) is 38.9 Å². The summed E-state index contributed by atoms with van der Waals surface area (Å²) in [6.07, 6.45) is 0.0760. The van der Waals surface area contributed by atoms with E-state index in [1.807, 2.05) is 57.0 Å². The Hall–Kier alpha value is -2.56. The zero-order valence-electron chi connectivity index (χ0n) is 14.2. The largest absolute Gasteiger partial charge is 0.460 e. The molecule has 0 N–H and O–H groups in total. The molecule has 6 nitrogen and oxygen atoms in total. The summed E-state index contributed by atoms with van der Waals surface area (Å²) in [5.74, 6) is 1.82. The first-order valence-electron chi connectivity index (χ1n) is 7.77. The summed E-state index contributed by atoms with van der Waals surface area (Å²) in [5.41, 5.74) is 1.12. The van der Waals surface area contributed by atoms with Crippen LogP contribution < -0.4 is 0 Å². The van der Waals surface area contributed by atoms with Gasteiger partial charge in [-0.3, -0.25) is 14.2 Å². The maximum Gasteiger partial charge on any atom is 0.308 e. The van der Waals surface area contributed by atoms with Gasteiger partial charge in [-0.25, -0.2) is 9.86 Å². The first-order valence-corrected chi connectivity index (χ1v) is 7.77. The number of hydrogen-bond acceptors (Lipinski definition) is 5. The van der Waals surface area contributed by atoms with Crippen LogP contribution >= 0.6 is 0 Å². The summed E-state index contributed by atoms with van der Waals surface area (Å²) in [6.45, 7) is 5.46. The zero-order chi connectivity index (χ0) is 17.5. The van der Waals surface area contributed by atoms with Crippen LogP contribution in [-0.2, 0) is 19.2 Å². The number of fused-ring (bicyclic) bond motifs is 3. The highest BCUT2D eigenvalue weighted by molar-refractivity contribution is 5.91. The molecule has 126 valence electrons. The number of benzene rings is 1. The van der Waals surface area contributed by atoms with E-state index in [2.05, 4.69) is 0 Å². The van der Waals surface area contributed by atoms with Gasteiger partial charge in [-0.1, -0.05) is 18.2 Å². The van der Waals surface area contributed by atoms with Gasteiger partial charge in [-0.05, 0) is 32.9 Å². The second-order valence-electron chi connectivity index (χ2n) is 6.70. The average Bonchev–Trinajstić information content (AvgIpc) is 3.00. The summed E-state index contributed by atoms with van der Waals surface area (Å²) < 4.78 is 7.19. The van der Waals surface area contributed by atoms with E-state index >= 15 is 0 Å². The van der Waals surface area contributed by atoms with Gasteiger partial charge in [-0.2, -0.15) is 0 Å². The molecular formula is C18H20N2O4. The number of ether oxygens (including phenoxy) is 1. The molecule has 2 aromatic rings. The smallest absolute Gasteiger partial charge is 0.308 e. The maximum atomic E-state index is 12.3. The predicted octanol–water partition coefficient (Wildman–Crippen LogP) is 2.92. The molecule has 1 aliphatic rings. The third-order valence-corrected chi connectivity index (χ3v) is 3.85. The molecule has 1 aromatic carbocycles. The van der Waals surface area contributed by atoms with Crippen LogP contribution in [0.15, 0.2) is 30.3 Å². The Labute approximate surface area is 140 Å². The molecule has 2 heterocycles. The van der Waals surface area contributed by atoms with Crippen molar-refractivity contribution < 1.29 is 19.2 Å². The summed E-state index contributed by atoms with van der Waals surface area (Å²) in [7, 11) is 1.47. The topological polar surface area (TPSA) is 60.8 Å². The van der Waals surface area contributed by atoms with E-state index in [1.165, 1.54) is 12.2 Å². The second kappa shape index (κ2) is 5.82. The molecule has 0 radical (unpaired) electrons. The zero-order valence-corrected chi connectivity index (χ0v) is 14.2. The Bertz CT molecular complexity index is 840. The molecule has 1 unspecified atom stereocenters. The molecule has 0 spiro atoms. The Morgan fingerprint density at radius 1 is 1.29 bits per heavy atom. The number of para-hydroxylation sites is 1. The molecule has 1 aromatic heterocycles. The average molecular weight is 328 g/mol. The number of carbonyl (C=O) groups excluding carboxylic acids is 2. The van der Waals surface area contributed by atoms with E-state index < -0.39 is 11.6 Å². The second-order valence-corrected chi connectivity index (χ2v) is 6.70. The van der Waals surface area contributed by atoms with Gasteiger partial charge in [-0.15, -0.1) is 0 Å². The third kappa shape index (κ3) is 2.70. The van der Waals surface area contributed by atoms with Gasteiger partial charge in [0.1, 0.15) is 11.6 Å². The normalized spacial score (nSPS) is 17.1. The van der Waals surface area contributed by atoms with E-state index in [0.717, 1.165) is 16.6 Å². The molecule has 0 aliphatic carbocycles. The van der Waals surface area contributed by atoms with Gasteiger partial charge in [0.25, 0.3) is 0 Å². The number of hydrogen-bond donors (Lipinski definition) is 0. The summed E-state index contributed by atoms with van der Waals surface area (Å²) in [5, 5.41) is 2.41. The lowest BCUT2D eigenvalue weighted by molar-refractivity contribution is -0.161. The maximum absolute atomic E-state index is 12.3. The van der Waals surface area contributed by atoms with Crippen molar-refractivity contribution in [1.82, 2.24) is 9.63 Å². The first kappa shape index (κ1) is 16.3. The fourth-order valence-corrected chi connectivity index (χ4v) is 3.06. The number of nitrogens with zero attached hydrogens (tertiary/aromatic N) is 2. The molecule has 1 aliphatic heterocycles. The molecule has 0 saturated heterocycles. The van der Waals surface area contributed by atoms with Crippen molar-refractivity contribution in [3.05, 3.63) is 36.0 Å². The number of esters is 1. The fraction of sp³-hybridized carbons (Fsp3) is 0.389. The molecule has 0 amide bonds. The monoisotopic (exact) mass is 328 g/mol. The van der Waals surface area contributed by atoms with Crippen molar-refractivity contribution in [3.63, 3.8) is 0 Å². The van der Waals surface area contributed by atoms with Crippen LogP contribution in [0.5, 0.6) is 0 Å². The lowest BCUT2D eigenvalue weighted by atomic mass is 10.1. The Kier molecular flexibility index (Phi) is 3.95. The Morgan fingerprint density at radius 2 is 2.00 bits per heavy atom. The van der Waals surface area contributed by atoms with E-state index in [4.69, 9.17) is 9.57 Å². The first-order chi connectivity index (χ1) is 11.4. The number of carbonyl (C=O) groups is 1. The minimum atomic E-state index is -0.566. The third-order valence-electron chi connectivity index (χ3n) is 3.85. The quantitative estimate of drug-likeness (QED) is 0.640. The van der Waals surface area contributed by atoms with Crippen LogP contribution in [-0.4, -0.2) is 34.3 Å². The molecule has 0 saturated carbocycles. The van der Waals surface area contributed by atoms with Gasteiger partial charge in [0.05, 0.1) is 24.7 Å². The lowest BCUT2D eigenvalue weighted by Crippen LogP contribution is -2.28. The van der Waals surface area contributed by atoms with Crippen LogP contribution in [0.3, 0.4) is 0 Å². The fourth-order valence-electron chi connectivity index (χ4n) is 3.06. The van der Waals surface area contributed by atoms with Gasteiger partial charge in [0.15, 0.2) is 5.94 Å². The van der Waals surface area contributed by atoms with E-state index in [0.29, 0.717) is 0 Å². The van der Waals surface area contributed by atoms with Crippen molar-refractivity contribution >= 4 is 28.6 Å². The standard InChI is InChI=1S/C18H20N2O4/c1-18(2,3)24-17(22)10-15-14-9-12-7-5-6-8-13(12)19(14)16(11-21)20(15)23-4/h5-9,15H,10H2,1-4H3. The Balaban J connectivity index is 2.04. The molecule has 0 fully saturated rings. The molecule has 1 atom stereocenters. The van der Waals surface area contributed by atoms with Crippen LogP contribution in [0.4, 0.5) is 0 Å². The molecule has 3 rings (SSSR count). The predicted molar refractivity (Wildman–Crippen MR) is 89.4 cm³/mol. The van der Waals surface area contributed by atoms with Crippen molar-refractivity contribution in [2.24, 2.45) is 0 Å². The Morgan fingerprint density at radius 3 is 2.62 bits per heavy atom. The minimum absolute atomic E-state index is 0.0760. The van der Waals surface area contributed by atoms with Crippen molar-refractivity contribution in [1.29, 1.82) is 0 Å². The number of hydroxylamine groups is 2. The van der Waals surface area contributed by atoms with E-state index in [1.54, 1.807) is 4.57 Å². The van der Waals surface area contributed by atoms with Crippen LogP contribution in [0, 0.1) is 0 Å². The van der Waals surface area contributed by atoms with Crippen molar-refractivity contribution in [2.75, 3.05) is 7.11 Å². The van der Waals surface area contributed by atoms with E-state index in [-0.39, 0.29) is 18.2 Å². The summed E-state index contributed by atoms with van der Waals surface area (Å²) in [4.78, 5) is 29.1. The highest BCUT2D eigenvalue weighted by atomic mass is 16.7. The van der Waals surface area contributed by atoms with Crippen molar-refractivity contribution in [3.8, 4) is 0 Å². The SMILES string of the molecule is CON1C(=C=O)n2c(cc3ccccc32)C1CC(=O)OC(C)(C)C. The minimum Gasteiger partial charge on any atom is -0.460 e. The van der Waals surface area contributed by atoms with Crippen LogP contribution in [0.25, 0.3) is 16.7 Å².